The van der Waals surface area contributed by atoms with E-state index < -0.39 is 0 Å². The van der Waals surface area contributed by atoms with Crippen LogP contribution in [0.3, 0.4) is 0 Å². The van der Waals surface area contributed by atoms with E-state index in [1.165, 1.54) is 0 Å². The zero-order valence-electron chi connectivity index (χ0n) is 12.1. The topological polar surface area (TPSA) is 38.3 Å². The molecule has 1 amide bonds. The number of para-hydroxylation sites is 1. The number of carbonyl (C=O) groups is 1. The van der Waals surface area contributed by atoms with Crippen LogP contribution in [0.2, 0.25) is 0 Å². The molecule has 2 aromatic carbocycles. The molecule has 2 aromatic rings. The lowest BCUT2D eigenvalue weighted by Crippen LogP contribution is -2.15. The number of carbonyl (C=O) groups excluding carboxylic acids is 1. The Morgan fingerprint density at radius 1 is 1.19 bits per heavy atom. The van der Waals surface area contributed by atoms with E-state index in [0.29, 0.717) is 6.42 Å². The fraction of sp³-hybridized carbons (Fsp3) is 0.167. The van der Waals surface area contributed by atoms with Gasteiger partial charge in [0.15, 0.2) is 0 Å². The van der Waals surface area contributed by atoms with Gasteiger partial charge in [-0.1, -0.05) is 24.3 Å². The monoisotopic (exact) mass is 279 g/mol. The number of rotatable bonds is 3. The molecule has 0 aliphatic heterocycles. The zero-order valence-corrected chi connectivity index (χ0v) is 12.1. The Kier molecular flexibility index (Phi) is 3.48. The van der Waals surface area contributed by atoms with E-state index in [9.17, 15) is 4.79 Å². The number of hydrogen-bond donors (Lipinski definition) is 1. The average Bonchev–Trinajstić information content (AvgIpc) is 2.92. The van der Waals surface area contributed by atoms with Gasteiger partial charge in [0.2, 0.25) is 0 Å². The first-order chi connectivity index (χ1) is 10.2. The number of ether oxygens (including phenoxy) is 1. The van der Waals surface area contributed by atoms with Gasteiger partial charge < -0.3 is 10.1 Å². The number of nitrogens with one attached hydrogen (secondary N) is 1. The maximum atomic E-state index is 12.4. The molecule has 0 atom stereocenters. The summed E-state index contributed by atoms with van der Waals surface area (Å²) in [6.07, 6.45) is 2.60. The molecule has 3 rings (SSSR count). The zero-order chi connectivity index (χ0) is 14.8. The van der Waals surface area contributed by atoms with Crippen molar-refractivity contribution in [2.45, 2.75) is 13.3 Å². The summed E-state index contributed by atoms with van der Waals surface area (Å²) in [5.74, 6) is 0.769. The van der Waals surface area contributed by atoms with Crippen LogP contribution >= 0.6 is 0 Å². The molecule has 1 aliphatic carbocycles. The predicted octanol–water partition coefficient (Wildman–Crippen LogP) is 3.58. The summed E-state index contributed by atoms with van der Waals surface area (Å²) in [6.45, 7) is 1.98. The molecule has 0 spiro atoms. The van der Waals surface area contributed by atoms with Crippen molar-refractivity contribution in [2.75, 3.05) is 12.4 Å². The number of fused-ring (bicyclic) bond motifs is 1. The molecule has 0 heterocycles. The van der Waals surface area contributed by atoms with Crippen LogP contribution in [-0.2, 0) is 11.2 Å². The van der Waals surface area contributed by atoms with Crippen LogP contribution in [0.25, 0.3) is 6.08 Å². The molecule has 3 heteroatoms. The highest BCUT2D eigenvalue weighted by Gasteiger charge is 2.19. The molecule has 0 bridgehead atoms. The Labute approximate surface area is 124 Å². The van der Waals surface area contributed by atoms with Crippen LogP contribution in [0, 0.1) is 6.92 Å². The summed E-state index contributed by atoms with van der Waals surface area (Å²) in [5, 5.41) is 2.98. The van der Waals surface area contributed by atoms with E-state index in [1.807, 2.05) is 55.5 Å². The first-order valence-corrected chi connectivity index (χ1v) is 6.92. The molecular formula is C18H17NO2. The van der Waals surface area contributed by atoms with Crippen molar-refractivity contribution in [3.8, 4) is 5.75 Å². The van der Waals surface area contributed by atoms with E-state index in [4.69, 9.17) is 4.74 Å². The molecule has 3 nitrogen and oxygen atoms in total. The minimum Gasteiger partial charge on any atom is -0.497 e. The Hall–Kier alpha value is -2.55. The third-order valence-electron chi connectivity index (χ3n) is 3.75. The maximum absolute atomic E-state index is 12.4. The fourth-order valence-electron chi connectivity index (χ4n) is 2.50. The highest BCUT2D eigenvalue weighted by atomic mass is 16.5. The van der Waals surface area contributed by atoms with E-state index in [0.717, 1.165) is 33.7 Å². The van der Waals surface area contributed by atoms with Crippen LogP contribution in [0.4, 0.5) is 5.69 Å². The Bertz CT molecular complexity index is 732. The summed E-state index contributed by atoms with van der Waals surface area (Å²) < 4.78 is 5.22. The van der Waals surface area contributed by atoms with Crippen molar-refractivity contribution in [1.29, 1.82) is 0 Å². The van der Waals surface area contributed by atoms with E-state index >= 15 is 0 Å². The number of aryl methyl sites for hydroxylation is 1. The molecule has 0 fully saturated rings. The molecule has 0 radical (unpaired) electrons. The Balaban J connectivity index is 1.80. The van der Waals surface area contributed by atoms with Crippen molar-refractivity contribution in [2.24, 2.45) is 0 Å². The molecule has 0 unspecified atom stereocenters. The van der Waals surface area contributed by atoms with Gasteiger partial charge in [0.1, 0.15) is 5.75 Å². The maximum Gasteiger partial charge on any atom is 0.251 e. The van der Waals surface area contributed by atoms with Crippen LogP contribution in [0.15, 0.2) is 48.0 Å². The molecule has 21 heavy (non-hydrogen) atoms. The van der Waals surface area contributed by atoms with Crippen LogP contribution in [-0.4, -0.2) is 13.0 Å². The van der Waals surface area contributed by atoms with Gasteiger partial charge in [0.05, 0.1) is 7.11 Å². The standard InChI is InChI=1S/C18H17NO2/c1-12-5-3-4-6-17(12)19-18(20)15-9-13-7-8-16(21-2)11-14(13)10-15/h3-8,10-11H,9H2,1-2H3,(H,19,20). The predicted molar refractivity (Wildman–Crippen MR) is 84.5 cm³/mol. The average molecular weight is 279 g/mol. The quantitative estimate of drug-likeness (QED) is 0.932. The summed E-state index contributed by atoms with van der Waals surface area (Å²) in [4.78, 5) is 12.4. The van der Waals surface area contributed by atoms with Gasteiger partial charge in [0, 0.05) is 17.7 Å². The highest BCUT2D eigenvalue weighted by Crippen LogP contribution is 2.29. The number of benzene rings is 2. The van der Waals surface area contributed by atoms with Crippen molar-refractivity contribution >= 4 is 17.7 Å². The second-order valence-electron chi connectivity index (χ2n) is 5.18. The van der Waals surface area contributed by atoms with E-state index in [2.05, 4.69) is 5.32 Å². The highest BCUT2D eigenvalue weighted by molar-refractivity contribution is 6.08. The molecule has 0 saturated heterocycles. The van der Waals surface area contributed by atoms with Crippen molar-refractivity contribution in [1.82, 2.24) is 0 Å². The second-order valence-corrected chi connectivity index (χ2v) is 5.18. The SMILES string of the molecule is COc1ccc2c(c1)C=C(C(=O)Nc1ccccc1C)C2. The van der Waals surface area contributed by atoms with Gasteiger partial charge >= 0.3 is 0 Å². The van der Waals surface area contributed by atoms with Crippen LogP contribution < -0.4 is 10.1 Å². The van der Waals surface area contributed by atoms with Gasteiger partial charge in [-0.15, -0.1) is 0 Å². The normalized spacial score (nSPS) is 12.6. The van der Waals surface area contributed by atoms with Gasteiger partial charge in [-0.25, -0.2) is 0 Å². The number of hydrogen-bond acceptors (Lipinski definition) is 2. The first-order valence-electron chi connectivity index (χ1n) is 6.92. The summed E-state index contributed by atoms with van der Waals surface area (Å²) >= 11 is 0. The van der Waals surface area contributed by atoms with Gasteiger partial charge in [-0.05, 0) is 47.9 Å². The number of methoxy groups -OCH3 is 1. The third kappa shape index (κ3) is 2.68. The minimum absolute atomic E-state index is 0.0422. The Morgan fingerprint density at radius 2 is 2.00 bits per heavy atom. The largest absolute Gasteiger partial charge is 0.497 e. The molecular weight excluding hydrogens is 262 g/mol. The van der Waals surface area contributed by atoms with Gasteiger partial charge in [0.25, 0.3) is 5.91 Å². The number of anilines is 1. The summed E-state index contributed by atoms with van der Waals surface area (Å²) in [5.41, 5.74) is 4.91. The van der Waals surface area contributed by atoms with Crippen LogP contribution in [0.1, 0.15) is 16.7 Å². The summed E-state index contributed by atoms with van der Waals surface area (Å²) in [6, 6.07) is 13.7. The van der Waals surface area contributed by atoms with E-state index in [1.54, 1.807) is 7.11 Å². The Morgan fingerprint density at radius 3 is 2.76 bits per heavy atom. The van der Waals surface area contributed by atoms with Crippen molar-refractivity contribution in [3.63, 3.8) is 0 Å². The molecule has 1 aliphatic rings. The second kappa shape index (κ2) is 5.44. The fourth-order valence-corrected chi connectivity index (χ4v) is 2.50. The lowest BCUT2D eigenvalue weighted by atomic mass is 10.1. The van der Waals surface area contributed by atoms with Crippen molar-refractivity contribution in [3.05, 3.63) is 64.7 Å². The molecule has 1 N–H and O–H groups in total. The van der Waals surface area contributed by atoms with Crippen LogP contribution in [0.5, 0.6) is 5.75 Å². The van der Waals surface area contributed by atoms with Crippen molar-refractivity contribution < 1.29 is 9.53 Å². The van der Waals surface area contributed by atoms with Gasteiger partial charge in [-0.3, -0.25) is 4.79 Å². The molecule has 0 saturated carbocycles. The lowest BCUT2D eigenvalue weighted by molar-refractivity contribution is -0.112. The number of amides is 1. The lowest BCUT2D eigenvalue weighted by Gasteiger charge is -2.08. The smallest absolute Gasteiger partial charge is 0.251 e. The minimum atomic E-state index is -0.0422. The first kappa shape index (κ1) is 13.4. The van der Waals surface area contributed by atoms with E-state index in [-0.39, 0.29) is 5.91 Å². The van der Waals surface area contributed by atoms with Gasteiger partial charge in [-0.2, -0.15) is 0 Å². The summed E-state index contributed by atoms with van der Waals surface area (Å²) in [7, 11) is 1.65. The molecule has 0 aromatic heterocycles. The third-order valence-corrected chi connectivity index (χ3v) is 3.75. The molecule has 106 valence electrons.